The van der Waals surface area contributed by atoms with Crippen molar-refractivity contribution in [3.63, 3.8) is 0 Å². The van der Waals surface area contributed by atoms with Crippen LogP contribution in [0.2, 0.25) is 0 Å². The van der Waals surface area contributed by atoms with Crippen molar-refractivity contribution < 1.29 is 4.79 Å². The van der Waals surface area contributed by atoms with E-state index in [4.69, 9.17) is 23.2 Å². The van der Waals surface area contributed by atoms with E-state index in [0.717, 1.165) is 11.3 Å². The summed E-state index contributed by atoms with van der Waals surface area (Å²) in [5.74, 6) is -0.723. The molecule has 102 valence electrons. The number of alkyl halides is 2. The van der Waals surface area contributed by atoms with Crippen molar-refractivity contribution in [3.8, 4) is 0 Å². The fourth-order valence-corrected chi connectivity index (χ4v) is 3.30. The van der Waals surface area contributed by atoms with Gasteiger partial charge in [0.2, 0.25) is 5.91 Å². The number of rotatable bonds is 3. The van der Waals surface area contributed by atoms with Gasteiger partial charge in [-0.2, -0.15) is 0 Å². The predicted molar refractivity (Wildman–Crippen MR) is 82.2 cm³/mol. The zero-order valence-corrected chi connectivity index (χ0v) is 12.1. The maximum atomic E-state index is 12.3. The van der Waals surface area contributed by atoms with Gasteiger partial charge in [0.25, 0.3) is 0 Å². The minimum Gasteiger partial charge on any atom is -0.326 e. The summed E-state index contributed by atoms with van der Waals surface area (Å²) in [6.07, 6.45) is 0. The van der Waals surface area contributed by atoms with Crippen LogP contribution < -0.4 is 5.32 Å². The van der Waals surface area contributed by atoms with Gasteiger partial charge in [0, 0.05) is 11.6 Å². The van der Waals surface area contributed by atoms with Crippen LogP contribution in [0.3, 0.4) is 0 Å². The lowest BCUT2D eigenvalue weighted by Crippen LogP contribution is -2.16. The number of halogens is 2. The molecular weight excluding hydrogens is 293 g/mol. The molecule has 1 amide bonds. The zero-order valence-electron chi connectivity index (χ0n) is 10.6. The number of anilines is 1. The second-order valence-electron chi connectivity index (χ2n) is 4.90. The standard InChI is InChI=1S/C16H13Cl2NO/c17-16(18)13(11-7-3-1-4-8-11)14(16)15(20)19-12-9-5-2-6-10-12/h1-10,13-14H,(H,19,20)/t13-,14-/m0/s1. The van der Waals surface area contributed by atoms with E-state index in [0.29, 0.717) is 0 Å². The predicted octanol–water partition coefficient (Wildman–Crippen LogP) is 4.21. The van der Waals surface area contributed by atoms with Gasteiger partial charge in [-0.15, -0.1) is 23.2 Å². The van der Waals surface area contributed by atoms with Gasteiger partial charge in [0.05, 0.1) is 5.92 Å². The summed E-state index contributed by atoms with van der Waals surface area (Å²) in [7, 11) is 0. The van der Waals surface area contributed by atoms with Gasteiger partial charge < -0.3 is 5.32 Å². The van der Waals surface area contributed by atoms with Crippen molar-refractivity contribution in [1.82, 2.24) is 0 Å². The van der Waals surface area contributed by atoms with Gasteiger partial charge >= 0.3 is 0 Å². The Morgan fingerprint density at radius 1 is 0.950 bits per heavy atom. The quantitative estimate of drug-likeness (QED) is 0.846. The van der Waals surface area contributed by atoms with E-state index in [2.05, 4.69) is 5.32 Å². The van der Waals surface area contributed by atoms with Gasteiger partial charge in [-0.25, -0.2) is 0 Å². The molecule has 0 heterocycles. The Hall–Kier alpha value is -1.51. The third kappa shape index (κ3) is 2.41. The first kappa shape index (κ1) is 13.5. The van der Waals surface area contributed by atoms with Gasteiger partial charge in [-0.05, 0) is 17.7 Å². The van der Waals surface area contributed by atoms with Crippen LogP contribution in [0.5, 0.6) is 0 Å². The number of amides is 1. The molecule has 0 saturated heterocycles. The summed E-state index contributed by atoms with van der Waals surface area (Å²) in [5.41, 5.74) is 1.74. The molecule has 2 aromatic rings. The smallest absolute Gasteiger partial charge is 0.231 e. The molecular formula is C16H13Cl2NO. The Morgan fingerprint density at radius 3 is 2.10 bits per heavy atom. The van der Waals surface area contributed by atoms with E-state index >= 15 is 0 Å². The van der Waals surface area contributed by atoms with E-state index in [1.54, 1.807) is 0 Å². The second-order valence-corrected chi connectivity index (χ2v) is 6.34. The Balaban J connectivity index is 1.76. The molecule has 4 heteroatoms. The highest BCUT2D eigenvalue weighted by Gasteiger charge is 2.67. The molecule has 1 N–H and O–H groups in total. The molecule has 1 aliphatic carbocycles. The van der Waals surface area contributed by atoms with Crippen molar-refractivity contribution in [1.29, 1.82) is 0 Å². The van der Waals surface area contributed by atoms with Crippen LogP contribution in [0.15, 0.2) is 60.7 Å². The summed E-state index contributed by atoms with van der Waals surface area (Å²) in [6, 6.07) is 19.0. The molecule has 0 aromatic heterocycles. The molecule has 0 spiro atoms. The molecule has 2 aromatic carbocycles. The lowest BCUT2D eigenvalue weighted by atomic mass is 10.1. The van der Waals surface area contributed by atoms with Crippen LogP contribution in [-0.4, -0.2) is 10.2 Å². The molecule has 2 nitrogen and oxygen atoms in total. The summed E-state index contributed by atoms with van der Waals surface area (Å²) in [5, 5.41) is 2.85. The molecule has 0 unspecified atom stereocenters. The first-order chi connectivity index (χ1) is 9.60. The number of para-hydroxylation sites is 1. The van der Waals surface area contributed by atoms with Crippen LogP contribution in [0.4, 0.5) is 5.69 Å². The molecule has 20 heavy (non-hydrogen) atoms. The third-order valence-corrected chi connectivity index (χ3v) is 4.48. The first-order valence-corrected chi connectivity index (χ1v) is 7.15. The van der Waals surface area contributed by atoms with Crippen LogP contribution >= 0.6 is 23.2 Å². The van der Waals surface area contributed by atoms with Crippen molar-refractivity contribution >= 4 is 34.8 Å². The number of nitrogens with one attached hydrogen (secondary N) is 1. The van der Waals surface area contributed by atoms with Crippen molar-refractivity contribution in [3.05, 3.63) is 66.2 Å². The molecule has 1 fully saturated rings. The maximum Gasteiger partial charge on any atom is 0.231 e. The summed E-state index contributed by atoms with van der Waals surface area (Å²) < 4.78 is -1.03. The Bertz CT molecular complexity index is 613. The minimum atomic E-state index is -1.03. The Labute approximate surface area is 127 Å². The fourth-order valence-electron chi connectivity index (χ4n) is 2.47. The normalized spacial score (nSPS) is 23.1. The maximum absolute atomic E-state index is 12.3. The largest absolute Gasteiger partial charge is 0.326 e. The van der Waals surface area contributed by atoms with Gasteiger partial charge in [-0.3, -0.25) is 4.79 Å². The van der Waals surface area contributed by atoms with Crippen LogP contribution in [0.1, 0.15) is 11.5 Å². The SMILES string of the molecule is O=C(Nc1ccccc1)[C@@H]1[C@H](c2ccccc2)C1(Cl)Cl. The summed E-state index contributed by atoms with van der Waals surface area (Å²) in [4.78, 5) is 12.3. The average Bonchev–Trinajstić information content (AvgIpc) is 3.04. The van der Waals surface area contributed by atoms with Crippen LogP contribution in [0, 0.1) is 5.92 Å². The van der Waals surface area contributed by atoms with E-state index in [-0.39, 0.29) is 11.8 Å². The second kappa shape index (κ2) is 5.12. The lowest BCUT2D eigenvalue weighted by Gasteiger charge is -2.04. The highest BCUT2D eigenvalue weighted by atomic mass is 35.5. The van der Waals surface area contributed by atoms with E-state index < -0.39 is 10.3 Å². The number of benzene rings is 2. The van der Waals surface area contributed by atoms with Crippen LogP contribution in [0.25, 0.3) is 0 Å². The van der Waals surface area contributed by atoms with Gasteiger partial charge in [-0.1, -0.05) is 48.5 Å². The number of carbonyl (C=O) groups excluding carboxylic acids is 1. The molecule has 0 bridgehead atoms. The molecule has 1 saturated carbocycles. The molecule has 2 atom stereocenters. The number of hydrogen-bond donors (Lipinski definition) is 1. The molecule has 3 rings (SSSR count). The van der Waals surface area contributed by atoms with E-state index in [1.807, 2.05) is 60.7 Å². The monoisotopic (exact) mass is 305 g/mol. The Kier molecular flexibility index (Phi) is 3.45. The highest BCUT2D eigenvalue weighted by molar-refractivity contribution is 6.53. The topological polar surface area (TPSA) is 29.1 Å². The molecule has 0 radical (unpaired) electrons. The summed E-state index contributed by atoms with van der Waals surface area (Å²) in [6.45, 7) is 0. The lowest BCUT2D eigenvalue weighted by molar-refractivity contribution is -0.117. The summed E-state index contributed by atoms with van der Waals surface area (Å²) >= 11 is 12.5. The van der Waals surface area contributed by atoms with Crippen LogP contribution in [-0.2, 0) is 4.79 Å². The van der Waals surface area contributed by atoms with Crippen molar-refractivity contribution in [2.24, 2.45) is 5.92 Å². The minimum absolute atomic E-state index is 0.143. The van der Waals surface area contributed by atoms with Crippen molar-refractivity contribution in [2.75, 3.05) is 5.32 Å². The average molecular weight is 306 g/mol. The molecule has 1 aliphatic rings. The Morgan fingerprint density at radius 2 is 1.50 bits per heavy atom. The fraction of sp³-hybridized carbons (Fsp3) is 0.188. The van der Waals surface area contributed by atoms with E-state index in [9.17, 15) is 4.79 Å². The molecule has 0 aliphatic heterocycles. The van der Waals surface area contributed by atoms with Gasteiger partial charge in [0.1, 0.15) is 4.33 Å². The number of carbonyl (C=O) groups is 1. The van der Waals surface area contributed by atoms with Gasteiger partial charge in [0.15, 0.2) is 0 Å². The van der Waals surface area contributed by atoms with E-state index in [1.165, 1.54) is 0 Å². The van der Waals surface area contributed by atoms with Crippen molar-refractivity contribution in [2.45, 2.75) is 10.3 Å². The first-order valence-electron chi connectivity index (χ1n) is 6.39. The zero-order chi connectivity index (χ0) is 14.2. The highest BCUT2D eigenvalue weighted by Crippen LogP contribution is 2.65. The number of hydrogen-bond acceptors (Lipinski definition) is 1. The third-order valence-electron chi connectivity index (χ3n) is 3.54.